The number of hydrazine groups is 1. The Kier molecular flexibility index (Phi) is 8.15. The zero-order valence-electron chi connectivity index (χ0n) is 21.7. The lowest BCUT2D eigenvalue weighted by atomic mass is 10.1. The molecule has 1 heterocycles. The van der Waals surface area contributed by atoms with Crippen molar-refractivity contribution in [1.29, 1.82) is 0 Å². The largest absolute Gasteiger partial charge is 0.423 e. The van der Waals surface area contributed by atoms with Gasteiger partial charge in [-0.1, -0.05) is 33.6 Å². The van der Waals surface area contributed by atoms with E-state index in [1.807, 2.05) is 0 Å². The highest BCUT2D eigenvalue weighted by Crippen LogP contribution is 2.32. The highest BCUT2D eigenvalue weighted by molar-refractivity contribution is 9.10. The van der Waals surface area contributed by atoms with E-state index in [-0.39, 0.29) is 22.4 Å². The number of halogens is 2. The Morgan fingerprint density at radius 1 is 0.837 bits per heavy atom. The van der Waals surface area contributed by atoms with Gasteiger partial charge in [0.15, 0.2) is 5.78 Å². The number of rotatable bonds is 8. The molecule has 0 unspecified atom stereocenters. The van der Waals surface area contributed by atoms with Crippen LogP contribution in [0.4, 0.5) is 5.69 Å². The first-order chi connectivity index (χ1) is 20.5. The smallest absolute Gasteiger partial charge is 0.343 e. The number of ether oxygens (including phenoxy) is 1. The summed E-state index contributed by atoms with van der Waals surface area (Å²) in [6.45, 7) is -0.779. The minimum Gasteiger partial charge on any atom is -0.423 e. The van der Waals surface area contributed by atoms with Crippen LogP contribution in [0.5, 0.6) is 5.75 Å². The SMILES string of the molecule is O=C(CN(C(=O)c1ccc(Cl)cc1)N1C(=O)c2cccc([N+](=O)[O-])c2C1=O)c1ccc(OC(=O)c2ccc(Br)cc2)cc1. The lowest BCUT2D eigenvalue weighted by Gasteiger charge is -2.29. The zero-order valence-corrected chi connectivity index (χ0v) is 24.1. The van der Waals surface area contributed by atoms with Gasteiger partial charge in [0, 0.05) is 26.7 Å². The molecular weight excluding hydrogens is 646 g/mol. The Hall–Kier alpha value is -5.20. The van der Waals surface area contributed by atoms with Crippen LogP contribution in [-0.2, 0) is 0 Å². The first kappa shape index (κ1) is 29.3. The van der Waals surface area contributed by atoms with Crippen molar-refractivity contribution in [3.8, 4) is 5.75 Å². The minimum absolute atomic E-state index is 0.00143. The van der Waals surface area contributed by atoms with Gasteiger partial charge < -0.3 is 4.74 Å². The number of amides is 3. The van der Waals surface area contributed by atoms with Crippen molar-refractivity contribution in [3.63, 3.8) is 0 Å². The van der Waals surface area contributed by atoms with Gasteiger partial charge in [-0.25, -0.2) is 9.80 Å². The standard InChI is InChI=1S/C30H17BrClN3O8/c31-20-10-4-19(5-11-20)30(40)43-22-14-8-17(9-15-22)25(36)16-33(27(37)18-6-12-21(32)13-7-18)34-28(38)23-2-1-3-24(35(41)42)26(23)29(34)39/h1-15H,16H2. The Labute approximate surface area is 256 Å². The van der Waals surface area contributed by atoms with E-state index in [0.29, 0.717) is 20.6 Å². The first-order valence-electron chi connectivity index (χ1n) is 12.4. The molecule has 5 rings (SSSR count). The Bertz CT molecular complexity index is 1810. The maximum Gasteiger partial charge on any atom is 0.343 e. The van der Waals surface area contributed by atoms with E-state index >= 15 is 0 Å². The maximum absolute atomic E-state index is 13.6. The quantitative estimate of drug-likeness (QED) is 0.0578. The summed E-state index contributed by atoms with van der Waals surface area (Å²) in [5.41, 5.74) is -1.01. The summed E-state index contributed by atoms with van der Waals surface area (Å²) in [5, 5.41) is 13.0. The lowest BCUT2D eigenvalue weighted by molar-refractivity contribution is -0.385. The van der Waals surface area contributed by atoms with Crippen molar-refractivity contribution in [3.05, 3.63) is 138 Å². The molecule has 0 spiro atoms. The molecule has 0 bridgehead atoms. The van der Waals surface area contributed by atoms with E-state index in [0.717, 1.165) is 10.5 Å². The van der Waals surface area contributed by atoms with Gasteiger partial charge in [0.05, 0.1) is 16.1 Å². The number of benzene rings is 4. The average Bonchev–Trinajstić information content (AvgIpc) is 3.25. The number of hydrogen-bond donors (Lipinski definition) is 0. The fraction of sp³-hybridized carbons (Fsp3) is 0.0333. The van der Waals surface area contributed by atoms with E-state index in [9.17, 15) is 34.1 Å². The number of imide groups is 1. The molecule has 1 aliphatic rings. The van der Waals surface area contributed by atoms with Gasteiger partial charge in [0.2, 0.25) is 0 Å². The van der Waals surface area contributed by atoms with E-state index in [1.165, 1.54) is 60.7 Å². The summed E-state index contributed by atoms with van der Waals surface area (Å²) in [7, 11) is 0. The normalized spacial score (nSPS) is 12.1. The molecular formula is C30H17BrClN3O8. The molecule has 0 saturated carbocycles. The molecule has 0 fully saturated rings. The van der Waals surface area contributed by atoms with Gasteiger partial charge >= 0.3 is 5.97 Å². The maximum atomic E-state index is 13.6. The number of Topliss-reactive ketones (excluding diaryl/α,β-unsaturated/α-hetero) is 1. The number of ketones is 1. The minimum atomic E-state index is -1.13. The summed E-state index contributed by atoms with van der Waals surface area (Å²) in [5.74, 6) is -4.19. The zero-order chi connectivity index (χ0) is 30.8. The second-order valence-corrected chi connectivity index (χ2v) is 10.4. The van der Waals surface area contributed by atoms with Crippen molar-refractivity contribution in [2.45, 2.75) is 0 Å². The molecule has 0 aromatic heterocycles. The first-order valence-corrected chi connectivity index (χ1v) is 13.6. The number of nitro benzene ring substituents is 1. The molecule has 0 N–H and O–H groups in total. The van der Waals surface area contributed by atoms with Crippen LogP contribution in [0.15, 0.2) is 95.5 Å². The van der Waals surface area contributed by atoms with Gasteiger partial charge in [0.1, 0.15) is 17.9 Å². The van der Waals surface area contributed by atoms with Crippen molar-refractivity contribution in [2.75, 3.05) is 6.54 Å². The predicted molar refractivity (Wildman–Crippen MR) is 156 cm³/mol. The molecule has 1 aliphatic heterocycles. The highest BCUT2D eigenvalue weighted by Gasteiger charge is 2.46. The summed E-state index contributed by atoms with van der Waals surface area (Å²) in [6, 6.07) is 21.0. The molecule has 11 nitrogen and oxygen atoms in total. The van der Waals surface area contributed by atoms with Crippen molar-refractivity contribution in [2.24, 2.45) is 0 Å². The number of carbonyl (C=O) groups excluding carboxylic acids is 5. The number of hydrogen-bond acceptors (Lipinski definition) is 8. The fourth-order valence-electron chi connectivity index (χ4n) is 4.29. The molecule has 43 heavy (non-hydrogen) atoms. The number of nitro groups is 1. The lowest BCUT2D eigenvalue weighted by Crippen LogP contribution is -2.51. The number of nitrogens with zero attached hydrogens (tertiary/aromatic N) is 3. The van der Waals surface area contributed by atoms with Crippen LogP contribution in [0.25, 0.3) is 0 Å². The third-order valence-corrected chi connectivity index (χ3v) is 7.18. The molecule has 0 atom stereocenters. The fourth-order valence-corrected chi connectivity index (χ4v) is 4.68. The molecule has 214 valence electrons. The van der Waals surface area contributed by atoms with Crippen LogP contribution in [0.3, 0.4) is 0 Å². The molecule has 0 radical (unpaired) electrons. The van der Waals surface area contributed by atoms with Crippen LogP contribution >= 0.6 is 27.5 Å². The molecule has 4 aromatic carbocycles. The van der Waals surface area contributed by atoms with Crippen molar-refractivity contribution in [1.82, 2.24) is 10.0 Å². The third kappa shape index (κ3) is 5.92. The Morgan fingerprint density at radius 2 is 1.44 bits per heavy atom. The number of carbonyl (C=O) groups is 5. The monoisotopic (exact) mass is 661 g/mol. The second kappa shape index (κ2) is 12.0. The van der Waals surface area contributed by atoms with Crippen LogP contribution in [0.1, 0.15) is 51.8 Å². The van der Waals surface area contributed by atoms with E-state index in [4.69, 9.17) is 16.3 Å². The van der Waals surface area contributed by atoms with Crippen LogP contribution < -0.4 is 4.74 Å². The van der Waals surface area contributed by atoms with Crippen LogP contribution in [-0.4, -0.2) is 51.0 Å². The number of esters is 1. The molecule has 0 aliphatic carbocycles. The highest BCUT2D eigenvalue weighted by atomic mass is 79.9. The second-order valence-electron chi connectivity index (χ2n) is 9.09. The van der Waals surface area contributed by atoms with Gasteiger partial charge in [-0.2, -0.15) is 5.01 Å². The average molecular weight is 663 g/mol. The molecule has 3 amide bonds. The summed E-state index contributed by atoms with van der Waals surface area (Å²) in [6.07, 6.45) is 0. The summed E-state index contributed by atoms with van der Waals surface area (Å²) >= 11 is 9.22. The molecule has 0 saturated heterocycles. The number of fused-ring (bicyclic) bond motifs is 1. The third-order valence-electron chi connectivity index (χ3n) is 6.40. The summed E-state index contributed by atoms with van der Waals surface area (Å²) < 4.78 is 6.13. The molecule has 13 heteroatoms. The van der Waals surface area contributed by atoms with Gasteiger partial charge in [-0.15, -0.1) is 0 Å². The predicted octanol–water partition coefficient (Wildman–Crippen LogP) is 5.77. The van der Waals surface area contributed by atoms with Crippen molar-refractivity contribution < 1.29 is 33.6 Å². The van der Waals surface area contributed by atoms with Gasteiger partial charge in [-0.05, 0) is 78.9 Å². The Balaban J connectivity index is 1.42. The van der Waals surface area contributed by atoms with Crippen LogP contribution in [0.2, 0.25) is 5.02 Å². The van der Waals surface area contributed by atoms with Crippen molar-refractivity contribution >= 4 is 62.7 Å². The molecule has 4 aromatic rings. The van der Waals surface area contributed by atoms with Gasteiger partial charge in [-0.3, -0.25) is 29.3 Å². The Morgan fingerprint density at radius 3 is 2.07 bits per heavy atom. The van der Waals surface area contributed by atoms with Crippen LogP contribution in [0, 0.1) is 10.1 Å². The van der Waals surface area contributed by atoms with E-state index in [2.05, 4.69) is 15.9 Å². The van der Waals surface area contributed by atoms with Gasteiger partial charge in [0.25, 0.3) is 23.4 Å². The van der Waals surface area contributed by atoms with E-state index in [1.54, 1.807) is 24.3 Å². The van der Waals surface area contributed by atoms with E-state index < -0.39 is 52.2 Å². The summed E-state index contributed by atoms with van der Waals surface area (Å²) in [4.78, 5) is 76.8. The topological polar surface area (TPSA) is 144 Å².